The number of nitrogens with zero attached hydrogens (tertiary/aromatic N) is 2. The molecule has 2 aromatic rings. The second kappa shape index (κ2) is 9.89. The molecule has 4 rings (SSSR count). The van der Waals surface area contributed by atoms with Crippen LogP contribution in [0.5, 0.6) is 5.75 Å². The molecule has 2 atom stereocenters. The van der Waals surface area contributed by atoms with Crippen LogP contribution in [0.2, 0.25) is 0 Å². The number of hydrogen-bond acceptors (Lipinski definition) is 5. The first-order chi connectivity index (χ1) is 16.3. The van der Waals surface area contributed by atoms with Crippen molar-refractivity contribution in [3.05, 3.63) is 72.1 Å². The molecule has 2 aromatic carbocycles. The van der Waals surface area contributed by atoms with Gasteiger partial charge in [0.25, 0.3) is 10.0 Å². The van der Waals surface area contributed by atoms with Gasteiger partial charge in [-0.1, -0.05) is 29.8 Å². The Morgan fingerprint density at radius 3 is 2.50 bits per heavy atom. The van der Waals surface area contributed by atoms with E-state index < -0.39 is 22.0 Å². The summed E-state index contributed by atoms with van der Waals surface area (Å²) in [6.07, 6.45) is 4.80. The van der Waals surface area contributed by atoms with Gasteiger partial charge in [-0.2, -0.15) is 0 Å². The number of aryl methyl sites for hydroxylation is 1. The zero-order valence-corrected chi connectivity index (χ0v) is 20.1. The molecule has 0 aromatic heterocycles. The lowest BCUT2D eigenvalue weighted by Crippen LogP contribution is -2.51. The van der Waals surface area contributed by atoms with Crippen molar-refractivity contribution in [3.63, 3.8) is 0 Å². The molecule has 2 aliphatic rings. The Morgan fingerprint density at radius 2 is 1.82 bits per heavy atom. The lowest BCUT2D eigenvalue weighted by Gasteiger charge is -2.33. The number of ether oxygens (including phenoxy) is 1. The van der Waals surface area contributed by atoms with Crippen LogP contribution in [0.25, 0.3) is 0 Å². The number of methoxy groups -OCH3 is 1. The summed E-state index contributed by atoms with van der Waals surface area (Å²) >= 11 is 0. The minimum atomic E-state index is -4.00. The van der Waals surface area contributed by atoms with Crippen molar-refractivity contribution in [2.24, 2.45) is 0 Å². The molecule has 180 valence electrons. The molecule has 1 unspecified atom stereocenters. The summed E-state index contributed by atoms with van der Waals surface area (Å²) < 4.78 is 32.8. The maximum absolute atomic E-state index is 13.3. The van der Waals surface area contributed by atoms with Gasteiger partial charge in [0, 0.05) is 25.0 Å². The fraction of sp³-hybridized carbons (Fsp3) is 0.360. The second-order valence-corrected chi connectivity index (χ2v) is 10.5. The summed E-state index contributed by atoms with van der Waals surface area (Å²) in [5.41, 5.74) is 2.02. The lowest BCUT2D eigenvalue weighted by atomic mass is 10.0. The molecule has 1 N–H and O–H groups in total. The highest BCUT2D eigenvalue weighted by atomic mass is 32.2. The van der Waals surface area contributed by atoms with Gasteiger partial charge in [0.15, 0.2) is 0 Å². The Kier molecular flexibility index (Phi) is 6.92. The summed E-state index contributed by atoms with van der Waals surface area (Å²) in [6, 6.07) is 13.0. The van der Waals surface area contributed by atoms with Gasteiger partial charge in [-0.05, 0) is 56.0 Å². The Labute approximate surface area is 200 Å². The number of hydrogen-bond donors (Lipinski definition) is 1. The fourth-order valence-corrected chi connectivity index (χ4v) is 5.91. The zero-order valence-electron chi connectivity index (χ0n) is 19.3. The van der Waals surface area contributed by atoms with Crippen molar-refractivity contribution >= 4 is 21.8 Å². The van der Waals surface area contributed by atoms with Crippen molar-refractivity contribution in [2.45, 2.75) is 49.6 Å². The molecule has 0 spiro atoms. The largest absolute Gasteiger partial charge is 0.497 e. The highest BCUT2D eigenvalue weighted by Gasteiger charge is 2.39. The summed E-state index contributed by atoms with van der Waals surface area (Å²) in [7, 11) is -2.38. The van der Waals surface area contributed by atoms with Crippen LogP contribution < -0.4 is 10.1 Å². The van der Waals surface area contributed by atoms with E-state index in [0.29, 0.717) is 13.0 Å². The van der Waals surface area contributed by atoms with Gasteiger partial charge in [-0.3, -0.25) is 13.9 Å². The summed E-state index contributed by atoms with van der Waals surface area (Å²) in [4.78, 5) is 27.8. The summed E-state index contributed by atoms with van der Waals surface area (Å²) in [6.45, 7) is 2.46. The van der Waals surface area contributed by atoms with Gasteiger partial charge >= 0.3 is 0 Å². The smallest absolute Gasteiger partial charge is 0.264 e. The predicted molar refractivity (Wildman–Crippen MR) is 127 cm³/mol. The first-order valence-corrected chi connectivity index (χ1v) is 12.7. The topological polar surface area (TPSA) is 96.0 Å². The number of rotatable bonds is 7. The van der Waals surface area contributed by atoms with E-state index >= 15 is 0 Å². The Bertz CT molecular complexity index is 1180. The Balaban J connectivity index is 1.50. The first kappa shape index (κ1) is 23.8. The lowest BCUT2D eigenvalue weighted by molar-refractivity contribution is -0.136. The van der Waals surface area contributed by atoms with E-state index in [0.717, 1.165) is 34.0 Å². The molecule has 9 heteroatoms. The van der Waals surface area contributed by atoms with Crippen LogP contribution in [0.4, 0.5) is 0 Å². The maximum atomic E-state index is 13.3. The molecule has 2 aliphatic heterocycles. The highest BCUT2D eigenvalue weighted by molar-refractivity contribution is 7.89. The molecular formula is C25H29N3O5S. The number of likely N-dealkylation sites (tertiary alicyclic amines) is 1. The quantitative estimate of drug-likeness (QED) is 0.653. The van der Waals surface area contributed by atoms with Gasteiger partial charge in [-0.25, -0.2) is 8.42 Å². The summed E-state index contributed by atoms with van der Waals surface area (Å²) in [5.74, 6) is 0.0300. The summed E-state index contributed by atoms with van der Waals surface area (Å²) in [5, 5.41) is 2.54. The minimum Gasteiger partial charge on any atom is -0.497 e. The van der Waals surface area contributed by atoms with Gasteiger partial charge in [0.2, 0.25) is 11.8 Å². The van der Waals surface area contributed by atoms with Crippen LogP contribution in [-0.4, -0.2) is 55.2 Å². The van der Waals surface area contributed by atoms with Gasteiger partial charge in [0.05, 0.1) is 18.4 Å². The van der Waals surface area contributed by atoms with E-state index in [9.17, 15) is 18.0 Å². The predicted octanol–water partition coefficient (Wildman–Crippen LogP) is 2.59. The first-order valence-electron chi connectivity index (χ1n) is 11.3. The third kappa shape index (κ3) is 4.94. The van der Waals surface area contributed by atoms with Crippen LogP contribution in [0, 0.1) is 6.92 Å². The third-order valence-electron chi connectivity index (χ3n) is 6.35. The standard InChI is InChI=1S/C25H29N3O5S/c1-18-5-11-22(12-6-18)34(31,32)28-15-13-26-25(30)23(28)17-24(29)27-14-3-4-20(27)16-19-7-9-21(33-2)10-8-19/h5-13,15,20,23H,3-4,14,16-17H2,1-2H3,(H,26,30)/t20?,23-/m1/s1. The Morgan fingerprint density at radius 1 is 1.12 bits per heavy atom. The van der Waals surface area contributed by atoms with Crippen LogP contribution >= 0.6 is 0 Å². The van der Waals surface area contributed by atoms with Crippen molar-refractivity contribution in [1.29, 1.82) is 0 Å². The van der Waals surface area contributed by atoms with Crippen LogP contribution in [0.1, 0.15) is 30.4 Å². The number of benzene rings is 2. The number of nitrogens with one attached hydrogen (secondary N) is 1. The normalized spacial score (nSPS) is 20.4. The molecule has 0 saturated carbocycles. The van der Waals surface area contributed by atoms with Crippen molar-refractivity contribution in [1.82, 2.24) is 14.5 Å². The van der Waals surface area contributed by atoms with Gasteiger partial charge in [-0.15, -0.1) is 0 Å². The molecular weight excluding hydrogens is 454 g/mol. The average Bonchev–Trinajstić information content (AvgIpc) is 3.29. The molecule has 1 saturated heterocycles. The average molecular weight is 484 g/mol. The zero-order chi connectivity index (χ0) is 24.3. The van der Waals surface area contributed by atoms with Crippen molar-refractivity contribution in [2.75, 3.05) is 13.7 Å². The molecule has 2 heterocycles. The number of carbonyl (C=O) groups is 2. The van der Waals surface area contributed by atoms with Gasteiger partial charge in [0.1, 0.15) is 11.8 Å². The fourth-order valence-electron chi connectivity index (χ4n) is 4.46. The number of sulfonamides is 1. The van der Waals surface area contributed by atoms with E-state index in [1.165, 1.54) is 24.5 Å². The van der Waals surface area contributed by atoms with E-state index in [1.54, 1.807) is 24.1 Å². The van der Waals surface area contributed by atoms with E-state index in [-0.39, 0.29) is 23.3 Å². The van der Waals surface area contributed by atoms with Crippen LogP contribution in [-0.2, 0) is 26.0 Å². The maximum Gasteiger partial charge on any atom is 0.264 e. The van der Waals surface area contributed by atoms with Crippen LogP contribution in [0.15, 0.2) is 65.8 Å². The van der Waals surface area contributed by atoms with Gasteiger partial charge < -0.3 is 15.0 Å². The molecule has 1 fully saturated rings. The molecule has 34 heavy (non-hydrogen) atoms. The monoisotopic (exact) mass is 483 g/mol. The van der Waals surface area contributed by atoms with Crippen molar-refractivity contribution in [3.8, 4) is 5.75 Å². The van der Waals surface area contributed by atoms with E-state index in [1.807, 2.05) is 31.2 Å². The minimum absolute atomic E-state index is 0.00486. The third-order valence-corrected chi connectivity index (χ3v) is 8.15. The van der Waals surface area contributed by atoms with Crippen molar-refractivity contribution < 1.29 is 22.7 Å². The molecule has 2 amide bonds. The highest BCUT2D eigenvalue weighted by Crippen LogP contribution is 2.27. The van der Waals surface area contributed by atoms with Crippen LogP contribution in [0.3, 0.4) is 0 Å². The molecule has 0 radical (unpaired) electrons. The van der Waals surface area contributed by atoms with E-state index in [2.05, 4.69) is 5.32 Å². The molecule has 0 aliphatic carbocycles. The Hall–Kier alpha value is -3.33. The SMILES string of the molecule is COc1ccc(CC2CCCN2C(=O)C[C@@H]2C(=O)NC=CN2S(=O)(=O)c2ccc(C)cc2)cc1. The number of amides is 2. The molecule has 0 bridgehead atoms. The second-order valence-electron chi connectivity index (χ2n) is 8.63. The van der Waals surface area contributed by atoms with E-state index in [4.69, 9.17) is 4.74 Å². The number of carbonyl (C=O) groups excluding carboxylic acids is 2. The molecule has 8 nitrogen and oxygen atoms in total.